The Kier molecular flexibility index (Phi) is 3.23. The van der Waals surface area contributed by atoms with Crippen molar-refractivity contribution in [3.8, 4) is 0 Å². The minimum atomic E-state index is 0.686. The van der Waals surface area contributed by atoms with Crippen LogP contribution in [-0.4, -0.2) is 22.9 Å². The number of nitrogens with zero attached hydrogens (tertiary/aromatic N) is 2. The van der Waals surface area contributed by atoms with Crippen molar-refractivity contribution in [3.05, 3.63) is 16.4 Å². The summed E-state index contributed by atoms with van der Waals surface area (Å²) < 4.78 is 3.18. The van der Waals surface area contributed by atoms with Gasteiger partial charge in [0.05, 0.1) is 6.20 Å². The number of rotatable bonds is 2. The summed E-state index contributed by atoms with van der Waals surface area (Å²) in [6, 6.07) is 0. The highest BCUT2D eigenvalue weighted by Gasteiger charge is 2.19. The lowest BCUT2D eigenvalue weighted by atomic mass is 9.93. The molecule has 0 aromatic carbocycles. The lowest BCUT2D eigenvalue weighted by molar-refractivity contribution is 0.458. The molecule has 1 aromatic rings. The minimum Gasteiger partial charge on any atom is -0.317 e. The third-order valence-electron chi connectivity index (χ3n) is 2.88. The second kappa shape index (κ2) is 4.45. The first-order valence-electron chi connectivity index (χ1n) is 5.25. The zero-order chi connectivity index (χ0) is 9.97. The molecule has 2 rings (SSSR count). The molecule has 1 aliphatic rings. The van der Waals surface area contributed by atoms with E-state index in [-0.39, 0.29) is 0 Å². The normalized spacial score (nSPS) is 18.7. The average molecular weight is 258 g/mol. The lowest BCUT2D eigenvalue weighted by Gasteiger charge is -2.21. The van der Waals surface area contributed by atoms with Crippen molar-refractivity contribution in [3.63, 3.8) is 0 Å². The molecule has 1 N–H and O–H groups in total. The highest BCUT2D eigenvalue weighted by Crippen LogP contribution is 2.30. The Morgan fingerprint density at radius 1 is 1.57 bits per heavy atom. The molecule has 14 heavy (non-hydrogen) atoms. The Morgan fingerprint density at radius 2 is 2.29 bits per heavy atom. The van der Waals surface area contributed by atoms with Crippen LogP contribution in [0.4, 0.5) is 0 Å². The van der Waals surface area contributed by atoms with Crippen LogP contribution < -0.4 is 5.32 Å². The summed E-state index contributed by atoms with van der Waals surface area (Å²) in [6.07, 6.45) is 4.48. The molecule has 0 radical (unpaired) electrons. The standard InChI is InChI=1S/C10H16BrN3/c1-2-14-10(11)9(7-13-14)8-3-5-12-6-4-8/h7-8,12H,2-6H2,1H3. The van der Waals surface area contributed by atoms with Gasteiger partial charge in [-0.2, -0.15) is 5.10 Å². The van der Waals surface area contributed by atoms with E-state index in [1.165, 1.54) is 23.0 Å². The van der Waals surface area contributed by atoms with E-state index in [0.29, 0.717) is 5.92 Å². The third kappa shape index (κ3) is 1.86. The lowest BCUT2D eigenvalue weighted by Crippen LogP contribution is -2.26. The van der Waals surface area contributed by atoms with Crippen molar-refractivity contribution in [2.24, 2.45) is 0 Å². The van der Waals surface area contributed by atoms with Gasteiger partial charge in [0.15, 0.2) is 0 Å². The molecular formula is C10H16BrN3. The van der Waals surface area contributed by atoms with Gasteiger partial charge in [0, 0.05) is 12.1 Å². The monoisotopic (exact) mass is 257 g/mol. The first-order chi connectivity index (χ1) is 6.83. The van der Waals surface area contributed by atoms with Crippen LogP contribution in [0.2, 0.25) is 0 Å². The Hall–Kier alpha value is -0.350. The third-order valence-corrected chi connectivity index (χ3v) is 3.75. The molecule has 0 amide bonds. The summed E-state index contributed by atoms with van der Waals surface area (Å²) >= 11 is 3.63. The summed E-state index contributed by atoms with van der Waals surface area (Å²) in [5.74, 6) is 0.686. The molecule has 0 bridgehead atoms. The van der Waals surface area contributed by atoms with Gasteiger partial charge in [-0.25, -0.2) is 0 Å². The maximum Gasteiger partial charge on any atom is 0.107 e. The van der Waals surface area contributed by atoms with Crippen LogP contribution in [0.15, 0.2) is 10.8 Å². The summed E-state index contributed by atoms with van der Waals surface area (Å²) in [4.78, 5) is 0. The number of halogens is 1. The molecule has 1 aliphatic heterocycles. The highest BCUT2D eigenvalue weighted by molar-refractivity contribution is 9.10. The molecule has 3 nitrogen and oxygen atoms in total. The average Bonchev–Trinajstić information content (AvgIpc) is 2.61. The van der Waals surface area contributed by atoms with E-state index in [4.69, 9.17) is 0 Å². The van der Waals surface area contributed by atoms with Crippen molar-refractivity contribution in [2.75, 3.05) is 13.1 Å². The van der Waals surface area contributed by atoms with Crippen LogP contribution in [0.3, 0.4) is 0 Å². The number of nitrogens with one attached hydrogen (secondary N) is 1. The van der Waals surface area contributed by atoms with Crippen molar-refractivity contribution in [2.45, 2.75) is 32.2 Å². The molecule has 0 saturated carbocycles. The molecule has 0 atom stereocenters. The quantitative estimate of drug-likeness (QED) is 0.880. The van der Waals surface area contributed by atoms with Gasteiger partial charge < -0.3 is 5.32 Å². The molecule has 78 valence electrons. The smallest absolute Gasteiger partial charge is 0.107 e. The van der Waals surface area contributed by atoms with Gasteiger partial charge in [-0.15, -0.1) is 0 Å². The number of aromatic nitrogens is 2. The number of aryl methyl sites for hydroxylation is 1. The molecule has 2 heterocycles. The van der Waals surface area contributed by atoms with Crippen LogP contribution in [-0.2, 0) is 6.54 Å². The molecule has 1 fully saturated rings. The topological polar surface area (TPSA) is 29.9 Å². The van der Waals surface area contributed by atoms with E-state index in [1.807, 2.05) is 10.9 Å². The van der Waals surface area contributed by atoms with Gasteiger partial charge in [0.1, 0.15) is 4.60 Å². The van der Waals surface area contributed by atoms with E-state index in [1.54, 1.807) is 0 Å². The Balaban J connectivity index is 2.18. The van der Waals surface area contributed by atoms with Crippen molar-refractivity contribution >= 4 is 15.9 Å². The van der Waals surface area contributed by atoms with E-state index in [9.17, 15) is 0 Å². The number of hydrogen-bond acceptors (Lipinski definition) is 2. The van der Waals surface area contributed by atoms with Crippen molar-refractivity contribution < 1.29 is 0 Å². The van der Waals surface area contributed by atoms with E-state index >= 15 is 0 Å². The van der Waals surface area contributed by atoms with Crippen LogP contribution >= 0.6 is 15.9 Å². The van der Waals surface area contributed by atoms with E-state index in [0.717, 1.165) is 19.6 Å². The number of piperidine rings is 1. The van der Waals surface area contributed by atoms with E-state index < -0.39 is 0 Å². The van der Waals surface area contributed by atoms with Crippen LogP contribution in [0.1, 0.15) is 31.2 Å². The molecule has 1 saturated heterocycles. The molecular weight excluding hydrogens is 242 g/mol. The first kappa shape index (κ1) is 10.2. The van der Waals surface area contributed by atoms with Crippen molar-refractivity contribution in [1.29, 1.82) is 0 Å². The van der Waals surface area contributed by atoms with Gasteiger partial charge in [0.2, 0.25) is 0 Å². The maximum absolute atomic E-state index is 4.36. The fourth-order valence-corrected chi connectivity index (χ4v) is 2.78. The fraction of sp³-hybridized carbons (Fsp3) is 0.700. The maximum atomic E-state index is 4.36. The molecule has 4 heteroatoms. The predicted molar refractivity (Wildman–Crippen MR) is 60.4 cm³/mol. The summed E-state index contributed by atoms with van der Waals surface area (Å²) in [7, 11) is 0. The van der Waals surface area contributed by atoms with Gasteiger partial charge in [-0.05, 0) is 54.7 Å². The Morgan fingerprint density at radius 3 is 2.86 bits per heavy atom. The number of hydrogen-bond donors (Lipinski definition) is 1. The van der Waals surface area contributed by atoms with Gasteiger partial charge in [-0.1, -0.05) is 0 Å². The summed E-state index contributed by atoms with van der Waals surface area (Å²) in [5.41, 5.74) is 1.38. The highest BCUT2D eigenvalue weighted by atomic mass is 79.9. The zero-order valence-corrected chi connectivity index (χ0v) is 10.0. The molecule has 1 aromatic heterocycles. The van der Waals surface area contributed by atoms with Gasteiger partial charge in [0.25, 0.3) is 0 Å². The largest absolute Gasteiger partial charge is 0.317 e. The second-order valence-electron chi connectivity index (χ2n) is 3.73. The van der Waals surface area contributed by atoms with Crippen LogP contribution in [0.25, 0.3) is 0 Å². The SMILES string of the molecule is CCn1ncc(C2CCNCC2)c1Br. The summed E-state index contributed by atoms with van der Waals surface area (Å²) in [6.45, 7) is 5.32. The Labute approximate surface area is 93.0 Å². The van der Waals surface area contributed by atoms with E-state index in [2.05, 4.69) is 33.3 Å². The molecule has 0 aliphatic carbocycles. The molecule has 0 spiro atoms. The zero-order valence-electron chi connectivity index (χ0n) is 8.46. The Bertz CT molecular complexity index is 302. The van der Waals surface area contributed by atoms with Gasteiger partial charge in [-0.3, -0.25) is 4.68 Å². The van der Waals surface area contributed by atoms with Crippen molar-refractivity contribution in [1.82, 2.24) is 15.1 Å². The molecule has 0 unspecified atom stereocenters. The fourth-order valence-electron chi connectivity index (χ4n) is 2.01. The first-order valence-corrected chi connectivity index (χ1v) is 6.04. The van der Waals surface area contributed by atoms with Crippen LogP contribution in [0.5, 0.6) is 0 Å². The minimum absolute atomic E-state index is 0.686. The summed E-state index contributed by atoms with van der Waals surface area (Å²) in [5, 5.41) is 7.74. The van der Waals surface area contributed by atoms with Gasteiger partial charge >= 0.3 is 0 Å². The predicted octanol–water partition coefficient (Wildman–Crippen LogP) is 2.13. The second-order valence-corrected chi connectivity index (χ2v) is 4.48. The van der Waals surface area contributed by atoms with Crippen LogP contribution in [0, 0.1) is 0 Å².